The standard InChI is InChI=1S/C17H34N2O/c1-5-17(2,3)13-8-9-15(18)16(11-13)19(4)12-14-7-6-10-20-14/h13-16H,5-12,18H2,1-4H3. The van der Waals surface area contributed by atoms with E-state index in [1.807, 2.05) is 0 Å². The van der Waals surface area contributed by atoms with Crippen LogP contribution >= 0.6 is 0 Å². The average molecular weight is 282 g/mol. The van der Waals surface area contributed by atoms with Crippen molar-refractivity contribution in [2.75, 3.05) is 20.2 Å². The SMILES string of the molecule is CCC(C)(C)C1CCC(N)C(N(C)CC2CCCO2)C1. The van der Waals surface area contributed by atoms with Crippen molar-refractivity contribution < 1.29 is 4.74 Å². The van der Waals surface area contributed by atoms with Crippen LogP contribution in [-0.4, -0.2) is 43.3 Å². The first-order valence-corrected chi connectivity index (χ1v) is 8.51. The molecule has 1 saturated heterocycles. The van der Waals surface area contributed by atoms with Gasteiger partial charge in [0.05, 0.1) is 6.10 Å². The first-order chi connectivity index (χ1) is 9.44. The Labute approximate surface area is 125 Å². The highest BCUT2D eigenvalue weighted by Gasteiger charge is 2.38. The first kappa shape index (κ1) is 16.3. The Morgan fingerprint density at radius 2 is 2.00 bits per heavy atom. The molecule has 0 bridgehead atoms. The second kappa shape index (κ2) is 6.76. The molecule has 3 nitrogen and oxygen atoms in total. The maximum Gasteiger partial charge on any atom is 0.0702 e. The van der Waals surface area contributed by atoms with E-state index < -0.39 is 0 Å². The van der Waals surface area contributed by atoms with Crippen LogP contribution < -0.4 is 5.73 Å². The van der Waals surface area contributed by atoms with Gasteiger partial charge in [0.1, 0.15) is 0 Å². The fourth-order valence-corrected chi connectivity index (χ4v) is 3.92. The molecule has 4 unspecified atom stereocenters. The van der Waals surface area contributed by atoms with Gasteiger partial charge in [-0.2, -0.15) is 0 Å². The van der Waals surface area contributed by atoms with E-state index in [-0.39, 0.29) is 0 Å². The molecule has 0 aromatic heterocycles. The lowest BCUT2D eigenvalue weighted by molar-refractivity contribution is 0.0321. The quantitative estimate of drug-likeness (QED) is 0.842. The topological polar surface area (TPSA) is 38.5 Å². The van der Waals surface area contributed by atoms with E-state index in [4.69, 9.17) is 10.5 Å². The molecule has 4 atom stereocenters. The normalized spacial score (nSPS) is 35.7. The zero-order valence-electron chi connectivity index (χ0n) is 13.9. The molecule has 3 heteroatoms. The van der Waals surface area contributed by atoms with Gasteiger partial charge in [0.25, 0.3) is 0 Å². The summed E-state index contributed by atoms with van der Waals surface area (Å²) in [5.41, 5.74) is 6.87. The van der Waals surface area contributed by atoms with E-state index >= 15 is 0 Å². The lowest BCUT2D eigenvalue weighted by atomic mass is 9.67. The lowest BCUT2D eigenvalue weighted by Crippen LogP contribution is -2.53. The molecule has 2 N–H and O–H groups in total. The molecule has 1 aliphatic heterocycles. The van der Waals surface area contributed by atoms with Crippen LogP contribution in [0.5, 0.6) is 0 Å². The summed E-state index contributed by atoms with van der Waals surface area (Å²) in [7, 11) is 2.24. The Morgan fingerprint density at radius 1 is 1.25 bits per heavy atom. The number of hydrogen-bond donors (Lipinski definition) is 1. The third-order valence-corrected chi connectivity index (χ3v) is 5.97. The van der Waals surface area contributed by atoms with Gasteiger partial charge in [0, 0.05) is 25.2 Å². The lowest BCUT2D eigenvalue weighted by Gasteiger charge is -2.45. The molecule has 0 amide bonds. The van der Waals surface area contributed by atoms with Gasteiger partial charge < -0.3 is 10.5 Å². The minimum atomic E-state index is 0.338. The van der Waals surface area contributed by atoms with Crippen molar-refractivity contribution in [2.24, 2.45) is 17.1 Å². The molecule has 1 saturated carbocycles. The molecular weight excluding hydrogens is 248 g/mol. The van der Waals surface area contributed by atoms with Crippen molar-refractivity contribution in [1.29, 1.82) is 0 Å². The molecule has 0 radical (unpaired) electrons. The minimum Gasteiger partial charge on any atom is -0.377 e. The maximum atomic E-state index is 6.42. The predicted octanol–water partition coefficient (Wildman–Crippen LogP) is 3.03. The van der Waals surface area contributed by atoms with Gasteiger partial charge in [-0.1, -0.05) is 27.2 Å². The van der Waals surface area contributed by atoms with Crippen LogP contribution in [0.2, 0.25) is 0 Å². The van der Waals surface area contributed by atoms with Crippen molar-refractivity contribution >= 4 is 0 Å². The fraction of sp³-hybridized carbons (Fsp3) is 1.00. The summed E-state index contributed by atoms with van der Waals surface area (Å²) in [5, 5.41) is 0. The van der Waals surface area contributed by atoms with Gasteiger partial charge >= 0.3 is 0 Å². The molecule has 118 valence electrons. The number of ether oxygens (including phenoxy) is 1. The van der Waals surface area contributed by atoms with Crippen molar-refractivity contribution in [3.05, 3.63) is 0 Å². The van der Waals surface area contributed by atoms with Crippen LogP contribution in [0.1, 0.15) is 59.3 Å². The van der Waals surface area contributed by atoms with Gasteiger partial charge in [0.2, 0.25) is 0 Å². The molecule has 2 aliphatic rings. The molecule has 1 aliphatic carbocycles. The van der Waals surface area contributed by atoms with Crippen molar-refractivity contribution in [3.8, 4) is 0 Å². The van der Waals surface area contributed by atoms with Gasteiger partial charge in [-0.25, -0.2) is 0 Å². The van der Waals surface area contributed by atoms with E-state index in [0.717, 1.165) is 19.1 Å². The average Bonchev–Trinajstić information content (AvgIpc) is 2.91. The number of nitrogens with zero attached hydrogens (tertiary/aromatic N) is 1. The van der Waals surface area contributed by atoms with Crippen LogP contribution in [0, 0.1) is 11.3 Å². The number of nitrogens with two attached hydrogens (primary N) is 1. The summed E-state index contributed by atoms with van der Waals surface area (Å²) in [5.74, 6) is 0.809. The smallest absolute Gasteiger partial charge is 0.0702 e. The highest BCUT2D eigenvalue weighted by molar-refractivity contribution is 4.93. The summed E-state index contributed by atoms with van der Waals surface area (Å²) in [6, 6.07) is 0.870. The van der Waals surface area contributed by atoms with Crippen LogP contribution in [-0.2, 0) is 4.74 Å². The van der Waals surface area contributed by atoms with Gasteiger partial charge in [-0.3, -0.25) is 4.90 Å². The molecule has 20 heavy (non-hydrogen) atoms. The highest BCUT2D eigenvalue weighted by Crippen LogP contribution is 2.41. The zero-order valence-corrected chi connectivity index (χ0v) is 13.9. The molecular formula is C17H34N2O. The summed E-state index contributed by atoms with van der Waals surface area (Å²) < 4.78 is 5.78. The van der Waals surface area contributed by atoms with Gasteiger partial charge in [-0.05, 0) is 50.5 Å². The van der Waals surface area contributed by atoms with Crippen molar-refractivity contribution in [3.63, 3.8) is 0 Å². The minimum absolute atomic E-state index is 0.338. The third-order valence-electron chi connectivity index (χ3n) is 5.97. The Bertz CT molecular complexity index is 299. The second-order valence-electron chi connectivity index (χ2n) is 7.66. The van der Waals surface area contributed by atoms with Crippen LogP contribution in [0.3, 0.4) is 0 Å². The van der Waals surface area contributed by atoms with E-state index in [0.29, 0.717) is 23.6 Å². The Kier molecular flexibility index (Phi) is 5.49. The van der Waals surface area contributed by atoms with E-state index in [2.05, 4.69) is 32.7 Å². The zero-order chi connectivity index (χ0) is 14.8. The Balaban J connectivity index is 1.93. The van der Waals surface area contributed by atoms with Gasteiger partial charge in [-0.15, -0.1) is 0 Å². The summed E-state index contributed by atoms with van der Waals surface area (Å²) in [6.45, 7) is 9.16. The molecule has 0 aromatic rings. The Hall–Kier alpha value is -0.120. The van der Waals surface area contributed by atoms with E-state index in [9.17, 15) is 0 Å². The van der Waals surface area contributed by atoms with Crippen LogP contribution in [0.25, 0.3) is 0 Å². The number of likely N-dealkylation sites (N-methyl/N-ethyl adjacent to an activating group) is 1. The molecule has 0 spiro atoms. The molecule has 1 heterocycles. The van der Waals surface area contributed by atoms with Crippen molar-refractivity contribution in [1.82, 2.24) is 4.90 Å². The monoisotopic (exact) mass is 282 g/mol. The van der Waals surface area contributed by atoms with E-state index in [1.165, 1.54) is 38.5 Å². The second-order valence-corrected chi connectivity index (χ2v) is 7.66. The van der Waals surface area contributed by atoms with Crippen molar-refractivity contribution in [2.45, 2.75) is 77.5 Å². The highest BCUT2D eigenvalue weighted by atomic mass is 16.5. The summed E-state index contributed by atoms with van der Waals surface area (Å²) in [6.07, 6.45) is 7.87. The maximum absolute atomic E-state index is 6.42. The molecule has 0 aromatic carbocycles. The first-order valence-electron chi connectivity index (χ1n) is 8.51. The molecule has 2 fully saturated rings. The fourth-order valence-electron chi connectivity index (χ4n) is 3.92. The summed E-state index contributed by atoms with van der Waals surface area (Å²) in [4.78, 5) is 2.48. The van der Waals surface area contributed by atoms with Gasteiger partial charge in [0.15, 0.2) is 0 Å². The number of rotatable bonds is 5. The van der Waals surface area contributed by atoms with Crippen LogP contribution in [0.4, 0.5) is 0 Å². The number of hydrogen-bond acceptors (Lipinski definition) is 3. The largest absolute Gasteiger partial charge is 0.377 e. The Morgan fingerprint density at radius 3 is 2.60 bits per heavy atom. The van der Waals surface area contributed by atoms with Crippen LogP contribution in [0.15, 0.2) is 0 Å². The van der Waals surface area contributed by atoms with E-state index in [1.54, 1.807) is 0 Å². The summed E-state index contributed by atoms with van der Waals surface area (Å²) >= 11 is 0. The molecule has 2 rings (SSSR count). The predicted molar refractivity (Wildman–Crippen MR) is 84.8 cm³/mol. The third kappa shape index (κ3) is 3.75.